The molecular weight excluding hydrogens is 439 g/mol. The fourth-order valence-electron chi connectivity index (χ4n) is 3.14. The highest BCUT2D eigenvalue weighted by molar-refractivity contribution is 7.92. The maximum absolute atomic E-state index is 13.4. The summed E-state index contributed by atoms with van der Waals surface area (Å²) in [4.78, 5) is 12.9. The van der Waals surface area contributed by atoms with E-state index in [0.717, 1.165) is 4.31 Å². The molecule has 3 aromatic rings. The summed E-state index contributed by atoms with van der Waals surface area (Å²) in [6, 6.07) is 18.1. The minimum atomic E-state index is -4.03. The number of benzene rings is 3. The van der Waals surface area contributed by atoms with Crippen molar-refractivity contribution < 1.29 is 17.6 Å². The smallest absolute Gasteiger partial charge is 0.264 e. The van der Waals surface area contributed by atoms with Crippen LogP contribution in [0.25, 0.3) is 0 Å². The van der Waals surface area contributed by atoms with Gasteiger partial charge in [0.1, 0.15) is 12.4 Å². The molecule has 3 rings (SSSR count). The Morgan fingerprint density at radius 2 is 1.68 bits per heavy atom. The van der Waals surface area contributed by atoms with Crippen LogP contribution in [-0.2, 0) is 14.8 Å². The lowest BCUT2D eigenvalue weighted by Gasteiger charge is -2.26. The lowest BCUT2D eigenvalue weighted by Crippen LogP contribution is -2.42. The standard InChI is InChI=1S/C23H22ClFN2O3S/c1-16-21(24)9-6-10-22(16)27(31(29,30)20-7-4-3-5-8-20)15-23(28)26-17(2)18-11-13-19(25)14-12-18/h3-14,17H,15H2,1-2H3,(H,26,28). The Labute approximate surface area is 186 Å². The second-order valence-corrected chi connectivity index (χ2v) is 9.32. The predicted molar refractivity (Wildman–Crippen MR) is 120 cm³/mol. The largest absolute Gasteiger partial charge is 0.348 e. The predicted octanol–water partition coefficient (Wildman–Crippen LogP) is 4.86. The van der Waals surface area contributed by atoms with E-state index in [1.807, 2.05) is 0 Å². The van der Waals surface area contributed by atoms with Gasteiger partial charge in [-0.25, -0.2) is 12.8 Å². The number of amides is 1. The van der Waals surface area contributed by atoms with Gasteiger partial charge in [0.2, 0.25) is 5.91 Å². The maximum Gasteiger partial charge on any atom is 0.264 e. The molecule has 0 spiro atoms. The topological polar surface area (TPSA) is 66.5 Å². The van der Waals surface area contributed by atoms with Crippen LogP contribution < -0.4 is 9.62 Å². The highest BCUT2D eigenvalue weighted by atomic mass is 35.5. The fourth-order valence-corrected chi connectivity index (χ4v) is 4.81. The van der Waals surface area contributed by atoms with Crippen LogP contribution in [0.3, 0.4) is 0 Å². The summed E-state index contributed by atoms with van der Waals surface area (Å²) < 4.78 is 41.0. The molecule has 1 amide bonds. The van der Waals surface area contributed by atoms with E-state index in [-0.39, 0.29) is 10.7 Å². The molecular formula is C23H22ClFN2O3S. The second-order valence-electron chi connectivity index (χ2n) is 7.05. The number of carbonyl (C=O) groups excluding carboxylic acids is 1. The Morgan fingerprint density at radius 1 is 1.03 bits per heavy atom. The zero-order chi connectivity index (χ0) is 22.6. The van der Waals surface area contributed by atoms with Crippen LogP contribution in [0.2, 0.25) is 5.02 Å². The van der Waals surface area contributed by atoms with Gasteiger partial charge in [-0.1, -0.05) is 48.0 Å². The third-order valence-electron chi connectivity index (χ3n) is 4.87. The van der Waals surface area contributed by atoms with Crippen LogP contribution in [0.5, 0.6) is 0 Å². The average molecular weight is 461 g/mol. The molecule has 0 heterocycles. The van der Waals surface area contributed by atoms with E-state index in [2.05, 4.69) is 5.32 Å². The highest BCUT2D eigenvalue weighted by Gasteiger charge is 2.29. The molecule has 8 heteroatoms. The molecule has 0 fully saturated rings. The lowest BCUT2D eigenvalue weighted by atomic mass is 10.1. The average Bonchev–Trinajstić information content (AvgIpc) is 2.75. The van der Waals surface area contributed by atoms with Crippen LogP contribution in [0.1, 0.15) is 24.1 Å². The molecule has 1 N–H and O–H groups in total. The van der Waals surface area contributed by atoms with Gasteiger partial charge in [0.05, 0.1) is 16.6 Å². The van der Waals surface area contributed by atoms with Crippen molar-refractivity contribution in [3.8, 4) is 0 Å². The van der Waals surface area contributed by atoms with Gasteiger partial charge in [0, 0.05) is 5.02 Å². The van der Waals surface area contributed by atoms with E-state index < -0.39 is 28.5 Å². The Hall–Kier alpha value is -2.90. The van der Waals surface area contributed by atoms with Crippen LogP contribution in [0.4, 0.5) is 10.1 Å². The van der Waals surface area contributed by atoms with E-state index in [0.29, 0.717) is 21.8 Å². The molecule has 0 aromatic heterocycles. The summed E-state index contributed by atoms with van der Waals surface area (Å²) in [6.07, 6.45) is 0. The van der Waals surface area contributed by atoms with Crippen LogP contribution >= 0.6 is 11.6 Å². The minimum Gasteiger partial charge on any atom is -0.348 e. The number of carbonyl (C=O) groups is 1. The Morgan fingerprint density at radius 3 is 2.32 bits per heavy atom. The quantitative estimate of drug-likeness (QED) is 0.547. The number of rotatable bonds is 7. The molecule has 0 saturated heterocycles. The van der Waals surface area contributed by atoms with Crippen molar-refractivity contribution in [3.63, 3.8) is 0 Å². The van der Waals surface area contributed by atoms with Crippen LogP contribution in [0, 0.1) is 12.7 Å². The van der Waals surface area contributed by atoms with E-state index in [1.165, 1.54) is 24.3 Å². The zero-order valence-corrected chi connectivity index (χ0v) is 18.6. The summed E-state index contributed by atoms with van der Waals surface area (Å²) >= 11 is 6.22. The van der Waals surface area contributed by atoms with E-state index in [9.17, 15) is 17.6 Å². The van der Waals surface area contributed by atoms with Gasteiger partial charge in [0.15, 0.2) is 0 Å². The third kappa shape index (κ3) is 5.24. The third-order valence-corrected chi connectivity index (χ3v) is 7.06. The summed E-state index contributed by atoms with van der Waals surface area (Å²) in [5, 5.41) is 3.17. The first kappa shape index (κ1) is 22.8. The van der Waals surface area contributed by atoms with E-state index in [4.69, 9.17) is 11.6 Å². The van der Waals surface area contributed by atoms with Gasteiger partial charge in [-0.2, -0.15) is 0 Å². The molecule has 0 aliphatic carbocycles. The van der Waals surface area contributed by atoms with Gasteiger partial charge < -0.3 is 5.32 Å². The molecule has 0 radical (unpaired) electrons. The van der Waals surface area contributed by atoms with E-state index in [1.54, 1.807) is 62.4 Å². The number of sulfonamides is 1. The molecule has 0 bridgehead atoms. The summed E-state index contributed by atoms with van der Waals surface area (Å²) in [5.41, 5.74) is 1.56. The van der Waals surface area contributed by atoms with Crippen molar-refractivity contribution in [1.29, 1.82) is 0 Å². The van der Waals surface area contributed by atoms with Gasteiger partial charge in [-0.3, -0.25) is 9.10 Å². The Balaban J connectivity index is 1.92. The number of halogens is 2. The van der Waals surface area contributed by atoms with Gasteiger partial charge in [-0.15, -0.1) is 0 Å². The summed E-state index contributed by atoms with van der Waals surface area (Å²) in [6.45, 7) is 3.00. The molecule has 1 atom stereocenters. The Bertz CT molecular complexity index is 1170. The normalized spacial score (nSPS) is 12.3. The minimum absolute atomic E-state index is 0.0637. The zero-order valence-electron chi connectivity index (χ0n) is 17.0. The molecule has 162 valence electrons. The first-order valence-electron chi connectivity index (χ1n) is 9.58. The monoisotopic (exact) mass is 460 g/mol. The SMILES string of the molecule is Cc1c(Cl)cccc1N(CC(=O)NC(C)c1ccc(F)cc1)S(=O)(=O)c1ccccc1. The van der Waals surface area contributed by atoms with Crippen molar-refractivity contribution >= 4 is 33.2 Å². The molecule has 0 aliphatic heterocycles. The van der Waals surface area contributed by atoms with Gasteiger partial charge in [0.25, 0.3) is 10.0 Å². The van der Waals surface area contributed by atoms with Crippen molar-refractivity contribution in [3.05, 3.63) is 94.8 Å². The number of anilines is 1. The Kier molecular flexibility index (Phi) is 6.97. The first-order valence-corrected chi connectivity index (χ1v) is 11.4. The van der Waals surface area contributed by atoms with Crippen molar-refractivity contribution in [2.75, 3.05) is 10.8 Å². The number of nitrogens with zero attached hydrogens (tertiary/aromatic N) is 1. The van der Waals surface area contributed by atoms with E-state index >= 15 is 0 Å². The number of hydrogen-bond donors (Lipinski definition) is 1. The van der Waals surface area contributed by atoms with Crippen LogP contribution in [-0.4, -0.2) is 20.9 Å². The first-order chi connectivity index (χ1) is 14.7. The summed E-state index contributed by atoms with van der Waals surface area (Å²) in [7, 11) is -4.03. The van der Waals surface area contributed by atoms with Gasteiger partial charge in [-0.05, 0) is 61.4 Å². The van der Waals surface area contributed by atoms with Crippen molar-refractivity contribution in [2.24, 2.45) is 0 Å². The molecule has 1 unspecified atom stereocenters. The van der Waals surface area contributed by atoms with Crippen molar-refractivity contribution in [2.45, 2.75) is 24.8 Å². The van der Waals surface area contributed by atoms with Crippen molar-refractivity contribution in [1.82, 2.24) is 5.32 Å². The maximum atomic E-state index is 13.4. The van der Waals surface area contributed by atoms with Crippen LogP contribution in [0.15, 0.2) is 77.7 Å². The lowest BCUT2D eigenvalue weighted by molar-refractivity contribution is -0.120. The van der Waals surface area contributed by atoms with Gasteiger partial charge >= 0.3 is 0 Å². The fraction of sp³-hybridized carbons (Fsp3) is 0.174. The number of nitrogens with one attached hydrogen (secondary N) is 1. The number of hydrogen-bond acceptors (Lipinski definition) is 3. The highest BCUT2D eigenvalue weighted by Crippen LogP contribution is 2.30. The summed E-state index contributed by atoms with van der Waals surface area (Å²) in [5.74, 6) is -0.880. The molecule has 5 nitrogen and oxygen atoms in total. The molecule has 0 aliphatic rings. The molecule has 3 aromatic carbocycles. The second kappa shape index (κ2) is 9.49. The molecule has 31 heavy (non-hydrogen) atoms. The molecule has 0 saturated carbocycles.